The van der Waals surface area contributed by atoms with Gasteiger partial charge < -0.3 is 9.47 Å². The second-order valence-corrected chi connectivity index (χ2v) is 4.47. The van der Waals surface area contributed by atoms with Crippen molar-refractivity contribution >= 4 is 12.0 Å². The fourth-order valence-corrected chi connectivity index (χ4v) is 1.78. The molecule has 0 aliphatic carbocycles. The van der Waals surface area contributed by atoms with Crippen LogP contribution in [0.5, 0.6) is 11.5 Å². The third-order valence-corrected chi connectivity index (χ3v) is 2.97. The maximum absolute atomic E-state index is 12.0. The topological polar surface area (TPSA) is 83.1 Å². The van der Waals surface area contributed by atoms with Gasteiger partial charge in [0.2, 0.25) is 0 Å². The molecule has 5 heteroatoms. The number of carbonyl (C=O) groups is 1. The van der Waals surface area contributed by atoms with Gasteiger partial charge in [-0.1, -0.05) is 12.1 Å². The number of nitriles is 2. The van der Waals surface area contributed by atoms with Crippen molar-refractivity contribution in [1.82, 2.24) is 0 Å². The van der Waals surface area contributed by atoms with Crippen LogP contribution in [0.1, 0.15) is 15.9 Å². The summed E-state index contributed by atoms with van der Waals surface area (Å²) in [4.78, 5) is 12.0. The van der Waals surface area contributed by atoms with Crippen molar-refractivity contribution in [3.8, 4) is 23.6 Å². The van der Waals surface area contributed by atoms with Gasteiger partial charge >= 0.3 is 5.97 Å². The van der Waals surface area contributed by atoms with E-state index in [0.717, 1.165) is 0 Å². The maximum Gasteiger partial charge on any atom is 0.343 e. The minimum Gasteiger partial charge on any atom is -0.497 e. The van der Waals surface area contributed by atoms with Crippen LogP contribution < -0.4 is 9.47 Å². The third kappa shape index (κ3) is 4.20. The van der Waals surface area contributed by atoms with E-state index in [0.29, 0.717) is 22.6 Å². The molecule has 0 atom stereocenters. The Kier molecular flexibility index (Phi) is 5.12. The van der Waals surface area contributed by atoms with Crippen LogP contribution in [-0.2, 0) is 0 Å². The first-order valence-corrected chi connectivity index (χ1v) is 6.64. The lowest BCUT2D eigenvalue weighted by Gasteiger charge is -2.05. The summed E-state index contributed by atoms with van der Waals surface area (Å²) in [5, 5.41) is 17.4. The number of benzene rings is 2. The summed E-state index contributed by atoms with van der Waals surface area (Å²) >= 11 is 0. The van der Waals surface area contributed by atoms with Crippen molar-refractivity contribution in [1.29, 1.82) is 10.5 Å². The molecule has 0 N–H and O–H groups in total. The zero-order chi connectivity index (χ0) is 16.7. The number of esters is 1. The van der Waals surface area contributed by atoms with E-state index in [1.807, 2.05) is 0 Å². The molecule has 0 aliphatic heterocycles. The molecule has 0 radical (unpaired) electrons. The quantitative estimate of drug-likeness (QED) is 0.491. The maximum atomic E-state index is 12.0. The Labute approximate surface area is 133 Å². The van der Waals surface area contributed by atoms with Crippen LogP contribution in [0.2, 0.25) is 0 Å². The Bertz CT molecular complexity index is 791. The van der Waals surface area contributed by atoms with Crippen molar-refractivity contribution in [2.45, 2.75) is 0 Å². The van der Waals surface area contributed by atoms with Gasteiger partial charge in [-0.2, -0.15) is 10.5 Å². The number of hydrogen-bond donors (Lipinski definition) is 0. The van der Waals surface area contributed by atoms with Gasteiger partial charge in [-0.25, -0.2) is 4.79 Å². The first kappa shape index (κ1) is 15.8. The summed E-state index contributed by atoms with van der Waals surface area (Å²) in [7, 11) is 1.55. The van der Waals surface area contributed by atoms with E-state index in [9.17, 15) is 4.79 Å². The SMILES string of the molecule is COc1ccc(C(=O)Oc2ccc(C=C(C#N)C#N)cc2)cc1. The lowest BCUT2D eigenvalue weighted by atomic mass is 10.1. The highest BCUT2D eigenvalue weighted by atomic mass is 16.5. The van der Waals surface area contributed by atoms with Gasteiger partial charge in [-0.3, -0.25) is 0 Å². The van der Waals surface area contributed by atoms with Gasteiger partial charge in [0.25, 0.3) is 0 Å². The Balaban J connectivity index is 2.08. The Hall–Kier alpha value is -3.57. The second kappa shape index (κ2) is 7.44. The van der Waals surface area contributed by atoms with E-state index in [4.69, 9.17) is 20.0 Å². The normalized spacial score (nSPS) is 9.17. The van der Waals surface area contributed by atoms with Crippen LogP contribution in [0.15, 0.2) is 54.1 Å². The van der Waals surface area contributed by atoms with Gasteiger partial charge in [-0.15, -0.1) is 0 Å². The standard InChI is InChI=1S/C18H12N2O3/c1-22-16-8-4-15(5-9-16)18(21)23-17-6-2-13(3-7-17)10-14(11-19)12-20/h2-10H,1H3. The summed E-state index contributed by atoms with van der Waals surface area (Å²) in [5.74, 6) is 0.549. The van der Waals surface area contributed by atoms with Crippen LogP contribution >= 0.6 is 0 Å². The van der Waals surface area contributed by atoms with E-state index < -0.39 is 5.97 Å². The molecule has 2 aromatic carbocycles. The number of carbonyl (C=O) groups excluding carboxylic acids is 1. The van der Waals surface area contributed by atoms with Crippen molar-refractivity contribution in [3.63, 3.8) is 0 Å². The van der Waals surface area contributed by atoms with E-state index >= 15 is 0 Å². The smallest absolute Gasteiger partial charge is 0.343 e. The van der Waals surface area contributed by atoms with Gasteiger partial charge in [0, 0.05) is 0 Å². The van der Waals surface area contributed by atoms with Gasteiger partial charge in [-0.05, 0) is 48.0 Å². The second-order valence-electron chi connectivity index (χ2n) is 4.47. The van der Waals surface area contributed by atoms with E-state index in [1.165, 1.54) is 6.08 Å². The first-order chi connectivity index (χ1) is 11.2. The fraction of sp³-hybridized carbons (Fsp3) is 0.0556. The lowest BCUT2D eigenvalue weighted by Crippen LogP contribution is -2.08. The lowest BCUT2D eigenvalue weighted by molar-refractivity contribution is 0.0734. The molecule has 23 heavy (non-hydrogen) atoms. The summed E-state index contributed by atoms with van der Waals surface area (Å²) in [6.07, 6.45) is 1.45. The van der Waals surface area contributed by atoms with Crippen LogP contribution in [0, 0.1) is 22.7 Å². The Morgan fingerprint density at radius 1 is 0.957 bits per heavy atom. The largest absolute Gasteiger partial charge is 0.497 e. The molecule has 0 fully saturated rings. The highest BCUT2D eigenvalue weighted by Crippen LogP contribution is 2.17. The molecule has 2 aromatic rings. The molecule has 0 unspecified atom stereocenters. The van der Waals surface area contributed by atoms with Crippen LogP contribution in [-0.4, -0.2) is 13.1 Å². The molecule has 0 bridgehead atoms. The predicted octanol–water partition coefficient (Wildman–Crippen LogP) is 3.34. The Morgan fingerprint density at radius 2 is 1.52 bits per heavy atom. The zero-order valence-corrected chi connectivity index (χ0v) is 12.3. The number of methoxy groups -OCH3 is 1. The van der Waals surface area contributed by atoms with E-state index in [-0.39, 0.29) is 5.57 Å². The monoisotopic (exact) mass is 304 g/mol. The highest BCUT2D eigenvalue weighted by Gasteiger charge is 2.08. The minimum atomic E-state index is -0.481. The molecule has 0 saturated carbocycles. The van der Waals surface area contributed by atoms with Gasteiger partial charge in [0.1, 0.15) is 29.2 Å². The average molecular weight is 304 g/mol. The molecule has 0 aliphatic rings. The summed E-state index contributed by atoms with van der Waals surface area (Å²) in [6, 6.07) is 16.7. The molecule has 5 nitrogen and oxygen atoms in total. The average Bonchev–Trinajstić information content (AvgIpc) is 2.61. The molecule has 0 amide bonds. The van der Waals surface area contributed by atoms with Crippen molar-refractivity contribution < 1.29 is 14.3 Å². The number of ether oxygens (including phenoxy) is 2. The molecule has 0 heterocycles. The molecule has 2 rings (SSSR count). The minimum absolute atomic E-state index is 0.00739. The molecular formula is C18H12N2O3. The van der Waals surface area contributed by atoms with Crippen LogP contribution in [0.4, 0.5) is 0 Å². The molecule has 112 valence electrons. The molecule has 0 aromatic heterocycles. The number of rotatable bonds is 4. The van der Waals surface area contributed by atoms with Gasteiger partial charge in [0.15, 0.2) is 0 Å². The van der Waals surface area contributed by atoms with Gasteiger partial charge in [0.05, 0.1) is 12.7 Å². The van der Waals surface area contributed by atoms with Crippen molar-refractivity contribution in [2.24, 2.45) is 0 Å². The Morgan fingerprint density at radius 3 is 2.04 bits per heavy atom. The predicted molar refractivity (Wildman–Crippen MR) is 83.6 cm³/mol. The number of hydrogen-bond acceptors (Lipinski definition) is 5. The molecule has 0 spiro atoms. The van der Waals surface area contributed by atoms with E-state index in [1.54, 1.807) is 67.8 Å². The highest BCUT2D eigenvalue weighted by molar-refractivity contribution is 5.91. The first-order valence-electron chi connectivity index (χ1n) is 6.64. The molecular weight excluding hydrogens is 292 g/mol. The number of allylic oxidation sites excluding steroid dienone is 1. The summed E-state index contributed by atoms with van der Waals surface area (Å²) < 4.78 is 10.3. The van der Waals surface area contributed by atoms with Crippen molar-refractivity contribution in [3.05, 3.63) is 65.2 Å². The van der Waals surface area contributed by atoms with E-state index in [2.05, 4.69) is 0 Å². The molecule has 0 saturated heterocycles. The fourth-order valence-electron chi connectivity index (χ4n) is 1.78. The summed E-state index contributed by atoms with van der Waals surface area (Å²) in [5.41, 5.74) is 1.09. The van der Waals surface area contributed by atoms with Crippen molar-refractivity contribution in [2.75, 3.05) is 7.11 Å². The zero-order valence-electron chi connectivity index (χ0n) is 12.3. The van der Waals surface area contributed by atoms with Crippen LogP contribution in [0.25, 0.3) is 6.08 Å². The summed E-state index contributed by atoms with van der Waals surface area (Å²) in [6.45, 7) is 0. The third-order valence-electron chi connectivity index (χ3n) is 2.97. The van der Waals surface area contributed by atoms with Crippen LogP contribution in [0.3, 0.4) is 0 Å². The number of nitrogens with zero attached hydrogens (tertiary/aromatic N) is 2.